The van der Waals surface area contributed by atoms with Crippen LogP contribution in [0.3, 0.4) is 0 Å². The standard InChI is InChI=1S/C6H13N3OP/c1-8-4-5-9(2)6(8)7-11(3)10/h4-5H2,1-3H3/q+1. The van der Waals surface area contributed by atoms with Crippen LogP contribution in [-0.4, -0.2) is 49.6 Å². The van der Waals surface area contributed by atoms with Gasteiger partial charge in [0.05, 0.1) is 0 Å². The largest absolute Gasteiger partial charge is 0.485 e. The number of guanidine groups is 1. The van der Waals surface area contributed by atoms with E-state index in [1.165, 1.54) is 0 Å². The van der Waals surface area contributed by atoms with Crippen molar-refractivity contribution in [2.75, 3.05) is 33.8 Å². The first-order valence-electron chi connectivity index (χ1n) is 3.53. The molecule has 4 nitrogen and oxygen atoms in total. The smallest absolute Gasteiger partial charge is 0.341 e. The van der Waals surface area contributed by atoms with Crippen LogP contribution in [-0.2, 0) is 4.57 Å². The van der Waals surface area contributed by atoms with Crippen molar-refractivity contribution in [2.24, 2.45) is 4.76 Å². The quantitative estimate of drug-likeness (QED) is 0.546. The van der Waals surface area contributed by atoms with Crippen molar-refractivity contribution in [1.82, 2.24) is 9.80 Å². The molecular weight excluding hydrogens is 161 g/mol. The van der Waals surface area contributed by atoms with Crippen LogP contribution in [0, 0.1) is 0 Å². The van der Waals surface area contributed by atoms with Crippen LogP contribution < -0.4 is 0 Å². The predicted molar refractivity (Wildman–Crippen MR) is 46.2 cm³/mol. The van der Waals surface area contributed by atoms with Gasteiger partial charge in [-0.15, -0.1) is 0 Å². The summed E-state index contributed by atoms with van der Waals surface area (Å²) < 4.78 is 14.8. The average Bonchev–Trinajstić information content (AvgIpc) is 2.18. The van der Waals surface area contributed by atoms with Crippen molar-refractivity contribution in [1.29, 1.82) is 0 Å². The van der Waals surface area contributed by atoms with Gasteiger partial charge in [-0.3, -0.25) is 0 Å². The molecule has 0 N–H and O–H groups in total. The van der Waals surface area contributed by atoms with E-state index in [-0.39, 0.29) is 0 Å². The third kappa shape index (κ3) is 1.90. The Morgan fingerprint density at radius 3 is 2.18 bits per heavy atom. The van der Waals surface area contributed by atoms with Crippen LogP contribution in [0.1, 0.15) is 0 Å². The normalized spacial score (nSPS) is 19.2. The van der Waals surface area contributed by atoms with E-state index in [1.807, 2.05) is 23.9 Å². The molecule has 1 rings (SSSR count). The Balaban J connectivity index is 2.75. The van der Waals surface area contributed by atoms with Gasteiger partial charge in [0.1, 0.15) is 0 Å². The summed E-state index contributed by atoms with van der Waals surface area (Å²) in [6, 6.07) is 0. The SMILES string of the molecule is CN1CCN(C)C1=N[P+](C)=O. The summed E-state index contributed by atoms with van der Waals surface area (Å²) in [6.45, 7) is 3.55. The fourth-order valence-electron chi connectivity index (χ4n) is 1.07. The summed E-state index contributed by atoms with van der Waals surface area (Å²) in [5.41, 5.74) is 0. The minimum Gasteiger partial charge on any atom is -0.341 e. The molecule has 1 unspecified atom stereocenters. The second-order valence-corrected chi connectivity index (χ2v) is 3.84. The second-order valence-electron chi connectivity index (χ2n) is 2.71. The fraction of sp³-hybridized carbons (Fsp3) is 0.833. The molecule has 0 aromatic rings. The first kappa shape index (κ1) is 8.47. The lowest BCUT2D eigenvalue weighted by atomic mass is 10.6. The average molecular weight is 174 g/mol. The first-order valence-corrected chi connectivity index (χ1v) is 5.19. The van der Waals surface area contributed by atoms with Crippen molar-refractivity contribution in [2.45, 2.75) is 0 Å². The van der Waals surface area contributed by atoms with Gasteiger partial charge in [-0.05, 0) is 4.57 Å². The molecular formula is C6H13N3OP+. The monoisotopic (exact) mass is 174 g/mol. The van der Waals surface area contributed by atoms with Crippen LogP contribution >= 0.6 is 7.95 Å². The van der Waals surface area contributed by atoms with Gasteiger partial charge in [-0.1, -0.05) is 0 Å². The molecule has 5 heteroatoms. The minimum absolute atomic E-state index is 0.841. The maximum absolute atomic E-state index is 10.8. The van der Waals surface area contributed by atoms with Gasteiger partial charge in [-0.25, -0.2) is 0 Å². The van der Waals surface area contributed by atoms with E-state index in [9.17, 15) is 4.57 Å². The number of hydrogen-bond acceptors (Lipinski definition) is 1. The summed E-state index contributed by atoms with van der Waals surface area (Å²) in [5.74, 6) is 0.841. The zero-order chi connectivity index (χ0) is 8.43. The maximum atomic E-state index is 10.8. The number of likely N-dealkylation sites (N-methyl/N-ethyl adjacent to an activating group) is 2. The molecule has 0 radical (unpaired) electrons. The van der Waals surface area contributed by atoms with Crippen LogP contribution in [0.4, 0.5) is 0 Å². The first-order chi connectivity index (χ1) is 5.11. The van der Waals surface area contributed by atoms with E-state index in [1.54, 1.807) is 6.66 Å². The molecule has 1 saturated heterocycles. The molecule has 0 aromatic heterocycles. The van der Waals surface area contributed by atoms with E-state index in [0.29, 0.717) is 0 Å². The Kier molecular flexibility index (Phi) is 2.45. The van der Waals surface area contributed by atoms with Gasteiger partial charge in [-0.2, -0.15) is 0 Å². The molecule has 0 aliphatic carbocycles. The van der Waals surface area contributed by atoms with E-state index >= 15 is 0 Å². The summed E-state index contributed by atoms with van der Waals surface area (Å²) in [7, 11) is 2.51. The van der Waals surface area contributed by atoms with Gasteiger partial charge in [0.25, 0.3) is 0 Å². The van der Waals surface area contributed by atoms with Crippen LogP contribution in [0.25, 0.3) is 0 Å². The van der Waals surface area contributed by atoms with Gasteiger partial charge in [0.15, 0.2) is 6.66 Å². The molecule has 1 fully saturated rings. The highest BCUT2D eigenvalue weighted by Crippen LogP contribution is 2.18. The molecule has 1 aliphatic rings. The molecule has 0 bridgehead atoms. The summed E-state index contributed by atoms with van der Waals surface area (Å²) in [6.07, 6.45) is 0. The number of hydrogen-bond donors (Lipinski definition) is 0. The molecule has 0 amide bonds. The van der Waals surface area contributed by atoms with E-state index in [2.05, 4.69) is 4.76 Å². The van der Waals surface area contributed by atoms with Gasteiger partial charge >= 0.3 is 7.95 Å². The summed E-state index contributed by atoms with van der Waals surface area (Å²) >= 11 is 0. The van der Waals surface area contributed by atoms with Crippen LogP contribution in [0.5, 0.6) is 0 Å². The van der Waals surface area contributed by atoms with Crippen LogP contribution in [0.2, 0.25) is 0 Å². The molecule has 0 spiro atoms. The van der Waals surface area contributed by atoms with Gasteiger partial charge in [0, 0.05) is 31.9 Å². The summed E-state index contributed by atoms with van der Waals surface area (Å²) in [5, 5.41) is 0. The third-order valence-electron chi connectivity index (χ3n) is 1.68. The lowest BCUT2D eigenvalue weighted by molar-refractivity contribution is 0.553. The Morgan fingerprint density at radius 2 is 1.82 bits per heavy atom. The Bertz CT molecular complexity index is 192. The van der Waals surface area contributed by atoms with Crippen molar-refractivity contribution in [3.05, 3.63) is 0 Å². The molecule has 1 atom stereocenters. The molecule has 11 heavy (non-hydrogen) atoms. The highest BCUT2D eigenvalue weighted by atomic mass is 31.1. The predicted octanol–water partition coefficient (Wildman–Crippen LogP) is 0.592. The zero-order valence-corrected chi connectivity index (χ0v) is 8.01. The lowest BCUT2D eigenvalue weighted by Gasteiger charge is -2.11. The van der Waals surface area contributed by atoms with Crippen molar-refractivity contribution in [3.8, 4) is 0 Å². The topological polar surface area (TPSA) is 35.9 Å². The molecule has 0 aromatic carbocycles. The van der Waals surface area contributed by atoms with E-state index in [0.717, 1.165) is 19.0 Å². The molecule has 1 aliphatic heterocycles. The second kappa shape index (κ2) is 3.18. The molecule has 62 valence electrons. The van der Waals surface area contributed by atoms with E-state index < -0.39 is 7.95 Å². The van der Waals surface area contributed by atoms with Crippen molar-refractivity contribution >= 4 is 13.9 Å². The Labute approximate surface area is 67.7 Å². The lowest BCUT2D eigenvalue weighted by Crippen LogP contribution is -2.27. The van der Waals surface area contributed by atoms with Crippen molar-refractivity contribution < 1.29 is 4.57 Å². The highest BCUT2D eigenvalue weighted by Gasteiger charge is 2.23. The Hall–Kier alpha value is -0.630. The Morgan fingerprint density at radius 1 is 1.36 bits per heavy atom. The number of rotatable bonds is 1. The highest BCUT2D eigenvalue weighted by molar-refractivity contribution is 7.42. The van der Waals surface area contributed by atoms with Crippen molar-refractivity contribution in [3.63, 3.8) is 0 Å². The van der Waals surface area contributed by atoms with Gasteiger partial charge in [0.2, 0.25) is 5.96 Å². The van der Waals surface area contributed by atoms with E-state index in [4.69, 9.17) is 0 Å². The van der Waals surface area contributed by atoms with Gasteiger partial charge < -0.3 is 9.80 Å². The van der Waals surface area contributed by atoms with Crippen LogP contribution in [0.15, 0.2) is 4.76 Å². The fourth-order valence-corrected chi connectivity index (χ4v) is 1.63. The molecule has 0 saturated carbocycles. The third-order valence-corrected chi connectivity index (χ3v) is 2.14. The summed E-state index contributed by atoms with van der Waals surface area (Å²) in [4.78, 5) is 4.02. The minimum atomic E-state index is -1.41. The zero-order valence-electron chi connectivity index (χ0n) is 7.11. The maximum Gasteiger partial charge on any atom is 0.485 e. The number of nitrogens with zero attached hydrogens (tertiary/aromatic N) is 3. The molecule has 1 heterocycles.